The predicted octanol–water partition coefficient (Wildman–Crippen LogP) is 1.66. The summed E-state index contributed by atoms with van der Waals surface area (Å²) in [5.74, 6) is -0.609. The molecule has 0 spiro atoms. The van der Waals surface area contributed by atoms with E-state index in [1.807, 2.05) is 0 Å². The van der Waals surface area contributed by atoms with Gasteiger partial charge in [0.15, 0.2) is 0 Å². The zero-order valence-corrected chi connectivity index (χ0v) is 8.79. The number of aliphatic carboxylic acids is 1. The van der Waals surface area contributed by atoms with Crippen molar-refractivity contribution in [3.05, 3.63) is 34.9 Å². The van der Waals surface area contributed by atoms with Gasteiger partial charge in [-0.3, -0.25) is 4.79 Å². The average Bonchev–Trinajstić information content (AvgIpc) is 2.16. The highest BCUT2D eigenvalue weighted by Crippen LogP contribution is 2.27. The Morgan fingerprint density at radius 1 is 1.60 bits per heavy atom. The van der Waals surface area contributed by atoms with Crippen molar-refractivity contribution in [2.75, 3.05) is 6.54 Å². The van der Waals surface area contributed by atoms with E-state index in [0.717, 1.165) is 13.1 Å². The molecule has 0 aliphatic carbocycles. The lowest BCUT2D eigenvalue weighted by Gasteiger charge is -2.25. The Morgan fingerprint density at radius 2 is 2.40 bits per heavy atom. The molecule has 0 saturated heterocycles. The molecule has 3 nitrogen and oxygen atoms in total. The molecule has 1 unspecified atom stereocenters. The monoisotopic (exact) mass is 205 g/mol. The number of hydrogen-bond donors (Lipinski definition) is 2. The molecule has 0 aromatic heterocycles. The molecule has 1 heterocycles. The summed E-state index contributed by atoms with van der Waals surface area (Å²) in [7, 11) is 0. The molecule has 0 saturated carbocycles. The Morgan fingerprint density at radius 3 is 3.13 bits per heavy atom. The van der Waals surface area contributed by atoms with E-state index in [2.05, 4.69) is 30.4 Å². The van der Waals surface area contributed by atoms with Crippen LogP contribution in [0.3, 0.4) is 0 Å². The first-order chi connectivity index (χ1) is 7.16. The number of benzene rings is 1. The van der Waals surface area contributed by atoms with E-state index >= 15 is 0 Å². The second-order valence-corrected chi connectivity index (χ2v) is 4.13. The molecule has 0 bridgehead atoms. The summed E-state index contributed by atoms with van der Waals surface area (Å²) in [6.45, 7) is 3.68. The molecule has 1 atom stereocenters. The average molecular weight is 205 g/mol. The molecular weight excluding hydrogens is 190 g/mol. The molecule has 2 N–H and O–H groups in total. The highest BCUT2D eigenvalue weighted by atomic mass is 16.4. The fourth-order valence-electron chi connectivity index (χ4n) is 2.17. The van der Waals surface area contributed by atoms with Crippen LogP contribution in [0.1, 0.15) is 29.0 Å². The number of nitrogens with one attached hydrogen (secondary N) is 1. The van der Waals surface area contributed by atoms with Gasteiger partial charge in [-0.1, -0.05) is 23.8 Å². The van der Waals surface area contributed by atoms with Crippen LogP contribution in [0.15, 0.2) is 18.2 Å². The van der Waals surface area contributed by atoms with Crippen molar-refractivity contribution in [3.63, 3.8) is 0 Å². The second kappa shape index (κ2) is 4.03. The summed E-state index contributed by atoms with van der Waals surface area (Å²) < 4.78 is 0. The first-order valence-corrected chi connectivity index (χ1v) is 5.19. The van der Waals surface area contributed by atoms with E-state index in [1.54, 1.807) is 0 Å². The van der Waals surface area contributed by atoms with Gasteiger partial charge in [-0.15, -0.1) is 0 Å². The van der Waals surface area contributed by atoms with Crippen LogP contribution >= 0.6 is 0 Å². The molecule has 2 rings (SSSR count). The Balaban J connectivity index is 2.30. The number of rotatable bonds is 2. The summed E-state index contributed by atoms with van der Waals surface area (Å²) in [5.41, 5.74) is 3.67. The van der Waals surface area contributed by atoms with Gasteiger partial charge in [-0.05, 0) is 18.1 Å². The maximum Gasteiger partial charge on any atom is 0.304 e. The lowest BCUT2D eigenvalue weighted by molar-refractivity contribution is -0.137. The van der Waals surface area contributed by atoms with E-state index in [9.17, 15) is 4.79 Å². The Kier molecular flexibility index (Phi) is 2.73. The third-order valence-corrected chi connectivity index (χ3v) is 2.87. The number of aryl methyl sites for hydroxylation is 1. The Bertz CT molecular complexity index is 387. The number of carboxylic acid groups (broad SMARTS) is 1. The molecule has 80 valence electrons. The minimum absolute atomic E-state index is 0.117. The minimum Gasteiger partial charge on any atom is -0.481 e. The first-order valence-electron chi connectivity index (χ1n) is 5.19. The van der Waals surface area contributed by atoms with E-state index < -0.39 is 5.97 Å². The lowest BCUT2D eigenvalue weighted by Crippen LogP contribution is -2.29. The van der Waals surface area contributed by atoms with Crippen molar-refractivity contribution >= 4 is 5.97 Å². The van der Waals surface area contributed by atoms with Crippen LogP contribution in [0.5, 0.6) is 0 Å². The molecule has 0 radical (unpaired) electrons. The van der Waals surface area contributed by atoms with Gasteiger partial charge in [0.1, 0.15) is 0 Å². The van der Waals surface area contributed by atoms with E-state index in [0.29, 0.717) is 0 Å². The van der Waals surface area contributed by atoms with E-state index in [4.69, 9.17) is 5.11 Å². The van der Waals surface area contributed by atoms with Gasteiger partial charge < -0.3 is 10.4 Å². The van der Waals surface area contributed by atoms with Crippen LogP contribution < -0.4 is 5.32 Å². The smallest absolute Gasteiger partial charge is 0.304 e. The summed E-state index contributed by atoms with van der Waals surface area (Å²) in [6.07, 6.45) is 0.211. The topological polar surface area (TPSA) is 49.3 Å². The quantitative estimate of drug-likeness (QED) is 0.772. The van der Waals surface area contributed by atoms with Crippen molar-refractivity contribution in [2.24, 2.45) is 0 Å². The largest absolute Gasteiger partial charge is 0.481 e. The third-order valence-electron chi connectivity index (χ3n) is 2.87. The molecule has 1 aliphatic rings. The van der Waals surface area contributed by atoms with Gasteiger partial charge in [0.25, 0.3) is 0 Å². The van der Waals surface area contributed by atoms with Crippen LogP contribution in [0.4, 0.5) is 0 Å². The van der Waals surface area contributed by atoms with Gasteiger partial charge >= 0.3 is 5.97 Å². The number of fused-ring (bicyclic) bond motifs is 1. The predicted molar refractivity (Wildman–Crippen MR) is 57.9 cm³/mol. The molecule has 0 fully saturated rings. The van der Waals surface area contributed by atoms with Crippen molar-refractivity contribution in [2.45, 2.75) is 25.8 Å². The Hall–Kier alpha value is -1.35. The molecule has 1 aromatic rings. The van der Waals surface area contributed by atoms with Gasteiger partial charge in [0.2, 0.25) is 0 Å². The minimum atomic E-state index is -0.727. The molecular formula is C12H15NO2. The standard InChI is InChI=1S/C12H15NO2/c1-8-2-3-11-9(4-8)6-13-7-10(11)5-12(14)15/h2-4,10,13H,5-7H2,1H3,(H,14,15). The number of carbonyl (C=O) groups is 1. The van der Waals surface area contributed by atoms with Gasteiger partial charge in [0.05, 0.1) is 6.42 Å². The summed E-state index contributed by atoms with van der Waals surface area (Å²) in [6, 6.07) is 6.26. The highest BCUT2D eigenvalue weighted by molar-refractivity contribution is 5.68. The molecule has 15 heavy (non-hydrogen) atoms. The Labute approximate surface area is 89.1 Å². The summed E-state index contributed by atoms with van der Waals surface area (Å²) >= 11 is 0. The molecule has 0 amide bonds. The molecule has 1 aromatic carbocycles. The fourth-order valence-corrected chi connectivity index (χ4v) is 2.17. The van der Waals surface area contributed by atoms with E-state index in [1.165, 1.54) is 16.7 Å². The second-order valence-electron chi connectivity index (χ2n) is 4.13. The SMILES string of the molecule is Cc1ccc2c(c1)CNCC2CC(=O)O. The van der Waals surface area contributed by atoms with Crippen LogP contribution in [-0.2, 0) is 11.3 Å². The van der Waals surface area contributed by atoms with Gasteiger partial charge in [-0.25, -0.2) is 0 Å². The normalized spacial score (nSPS) is 19.7. The molecule has 3 heteroatoms. The van der Waals surface area contributed by atoms with Crippen LogP contribution in [0.25, 0.3) is 0 Å². The summed E-state index contributed by atoms with van der Waals surface area (Å²) in [4.78, 5) is 10.7. The van der Waals surface area contributed by atoms with Crippen molar-refractivity contribution in [3.8, 4) is 0 Å². The fraction of sp³-hybridized carbons (Fsp3) is 0.417. The summed E-state index contributed by atoms with van der Waals surface area (Å²) in [5, 5.41) is 12.1. The van der Waals surface area contributed by atoms with Crippen molar-refractivity contribution in [1.82, 2.24) is 5.32 Å². The van der Waals surface area contributed by atoms with Crippen molar-refractivity contribution in [1.29, 1.82) is 0 Å². The maximum absolute atomic E-state index is 10.7. The van der Waals surface area contributed by atoms with Gasteiger partial charge in [0, 0.05) is 19.0 Å². The van der Waals surface area contributed by atoms with Crippen LogP contribution in [-0.4, -0.2) is 17.6 Å². The maximum atomic E-state index is 10.7. The lowest BCUT2D eigenvalue weighted by atomic mass is 9.88. The highest BCUT2D eigenvalue weighted by Gasteiger charge is 2.21. The zero-order valence-electron chi connectivity index (χ0n) is 8.79. The van der Waals surface area contributed by atoms with Crippen LogP contribution in [0.2, 0.25) is 0 Å². The van der Waals surface area contributed by atoms with Gasteiger partial charge in [-0.2, -0.15) is 0 Å². The van der Waals surface area contributed by atoms with Crippen molar-refractivity contribution < 1.29 is 9.90 Å². The van der Waals surface area contributed by atoms with Crippen LogP contribution in [0, 0.1) is 6.92 Å². The number of carboxylic acids is 1. The number of hydrogen-bond acceptors (Lipinski definition) is 2. The first kappa shape index (κ1) is 10.2. The molecule has 1 aliphatic heterocycles. The zero-order chi connectivity index (χ0) is 10.8. The third kappa shape index (κ3) is 2.18. The van der Waals surface area contributed by atoms with E-state index in [-0.39, 0.29) is 12.3 Å².